The number of halogens is 1. The number of rotatable bonds is 4. The highest BCUT2D eigenvalue weighted by molar-refractivity contribution is 6.30. The monoisotopic (exact) mass is 215 g/mol. The summed E-state index contributed by atoms with van der Waals surface area (Å²) in [5.41, 5.74) is 0.734. The highest BCUT2D eigenvalue weighted by Gasteiger charge is 2.04. The maximum atomic E-state index is 9.46. The third-order valence-electron chi connectivity index (χ3n) is 1.96. The van der Waals surface area contributed by atoms with Crippen LogP contribution in [0.4, 0.5) is 0 Å². The van der Waals surface area contributed by atoms with E-state index >= 15 is 0 Å². The van der Waals surface area contributed by atoms with Crippen molar-refractivity contribution < 1.29 is 10.2 Å². The molecule has 0 radical (unpaired) electrons. The zero-order valence-corrected chi connectivity index (χ0v) is 8.75. The molecule has 0 aromatic heterocycles. The number of aliphatic hydroxyl groups is 1. The van der Waals surface area contributed by atoms with Crippen LogP contribution in [0.1, 0.15) is 12.5 Å². The van der Waals surface area contributed by atoms with Gasteiger partial charge in [-0.3, -0.25) is 0 Å². The molecule has 0 saturated carbocycles. The molecule has 4 heteroatoms. The maximum absolute atomic E-state index is 9.46. The van der Waals surface area contributed by atoms with Crippen molar-refractivity contribution in [1.29, 1.82) is 0 Å². The van der Waals surface area contributed by atoms with Crippen molar-refractivity contribution in [3.05, 3.63) is 28.8 Å². The molecule has 14 heavy (non-hydrogen) atoms. The zero-order chi connectivity index (χ0) is 10.6. The van der Waals surface area contributed by atoms with E-state index in [0.29, 0.717) is 11.6 Å². The summed E-state index contributed by atoms with van der Waals surface area (Å²) < 4.78 is 0. The molecule has 78 valence electrons. The largest absolute Gasteiger partial charge is 0.508 e. The van der Waals surface area contributed by atoms with Crippen molar-refractivity contribution in [2.75, 3.05) is 6.61 Å². The summed E-state index contributed by atoms with van der Waals surface area (Å²) in [6, 6.07) is 4.90. The van der Waals surface area contributed by atoms with Crippen LogP contribution in [0.15, 0.2) is 18.2 Å². The van der Waals surface area contributed by atoms with Crippen LogP contribution in [0.25, 0.3) is 0 Å². The summed E-state index contributed by atoms with van der Waals surface area (Å²) in [4.78, 5) is 0. The molecule has 1 aromatic carbocycles. The van der Waals surface area contributed by atoms with E-state index in [1.54, 1.807) is 18.2 Å². The Bertz CT molecular complexity index is 304. The minimum absolute atomic E-state index is 0.00776. The first-order chi connectivity index (χ1) is 6.63. The molecule has 0 aliphatic carbocycles. The topological polar surface area (TPSA) is 52.5 Å². The Morgan fingerprint density at radius 3 is 2.86 bits per heavy atom. The summed E-state index contributed by atoms with van der Waals surface area (Å²) in [6.07, 6.45) is 0. The Kier molecular flexibility index (Phi) is 4.20. The second-order valence-corrected chi connectivity index (χ2v) is 3.67. The molecule has 0 saturated heterocycles. The van der Waals surface area contributed by atoms with Crippen LogP contribution >= 0.6 is 11.6 Å². The Hall–Kier alpha value is -0.770. The van der Waals surface area contributed by atoms with Crippen LogP contribution in [0.5, 0.6) is 5.75 Å². The number of nitrogens with one attached hydrogen (secondary N) is 1. The third-order valence-corrected chi connectivity index (χ3v) is 2.19. The predicted molar refractivity (Wildman–Crippen MR) is 56.5 cm³/mol. The smallest absolute Gasteiger partial charge is 0.120 e. The van der Waals surface area contributed by atoms with Crippen LogP contribution in [0.2, 0.25) is 5.02 Å². The molecule has 0 bridgehead atoms. The lowest BCUT2D eigenvalue weighted by atomic mass is 10.2. The lowest BCUT2D eigenvalue weighted by Crippen LogP contribution is -2.28. The molecule has 3 nitrogen and oxygen atoms in total. The Morgan fingerprint density at radius 2 is 2.21 bits per heavy atom. The second kappa shape index (κ2) is 5.20. The van der Waals surface area contributed by atoms with Crippen LogP contribution in [0.3, 0.4) is 0 Å². The molecule has 0 amide bonds. The molecule has 3 N–H and O–H groups in total. The van der Waals surface area contributed by atoms with Crippen molar-refractivity contribution >= 4 is 11.6 Å². The fraction of sp³-hybridized carbons (Fsp3) is 0.400. The third kappa shape index (κ3) is 3.18. The van der Waals surface area contributed by atoms with Gasteiger partial charge in [0.2, 0.25) is 0 Å². The Morgan fingerprint density at radius 1 is 1.50 bits per heavy atom. The summed E-state index contributed by atoms with van der Waals surface area (Å²) in [7, 11) is 0. The number of phenolic OH excluding ortho intramolecular Hbond substituents is 1. The molecular weight excluding hydrogens is 202 g/mol. The zero-order valence-electron chi connectivity index (χ0n) is 8.00. The highest BCUT2D eigenvalue weighted by Crippen LogP contribution is 2.21. The number of aromatic hydroxyl groups is 1. The predicted octanol–water partition coefficient (Wildman–Crippen LogP) is 1.52. The first-order valence-corrected chi connectivity index (χ1v) is 4.83. The molecule has 1 atom stereocenters. The quantitative estimate of drug-likeness (QED) is 0.714. The molecule has 0 fully saturated rings. The van der Waals surface area contributed by atoms with E-state index in [2.05, 4.69) is 5.32 Å². The van der Waals surface area contributed by atoms with Crippen molar-refractivity contribution in [3.8, 4) is 5.75 Å². The molecule has 1 aromatic rings. The standard InChI is InChI=1S/C10H14ClNO2/c1-7(6-13)12-5-8-4-9(11)2-3-10(8)14/h2-4,7,12-14H,5-6H2,1H3/t7-/m0/s1. The molecule has 1 rings (SSSR count). The molecular formula is C10H14ClNO2. The number of hydrogen-bond acceptors (Lipinski definition) is 3. The van der Waals surface area contributed by atoms with Crippen molar-refractivity contribution in [1.82, 2.24) is 5.32 Å². The number of aliphatic hydroxyl groups excluding tert-OH is 1. The van der Waals surface area contributed by atoms with Gasteiger partial charge >= 0.3 is 0 Å². The lowest BCUT2D eigenvalue weighted by molar-refractivity contribution is 0.250. The van der Waals surface area contributed by atoms with Gasteiger partial charge in [0.15, 0.2) is 0 Å². The van der Waals surface area contributed by atoms with Crippen LogP contribution < -0.4 is 5.32 Å². The number of phenols is 1. The van der Waals surface area contributed by atoms with E-state index in [1.165, 1.54) is 0 Å². The van der Waals surface area contributed by atoms with Crippen molar-refractivity contribution in [2.24, 2.45) is 0 Å². The van der Waals surface area contributed by atoms with Crippen molar-refractivity contribution in [3.63, 3.8) is 0 Å². The van der Waals surface area contributed by atoms with Crippen LogP contribution in [0, 0.1) is 0 Å². The fourth-order valence-electron chi connectivity index (χ4n) is 1.04. The van der Waals surface area contributed by atoms with Gasteiger partial charge in [-0.25, -0.2) is 0 Å². The van der Waals surface area contributed by atoms with E-state index in [9.17, 15) is 5.11 Å². The Labute approximate surface area is 88.3 Å². The average Bonchev–Trinajstić information content (AvgIpc) is 2.19. The van der Waals surface area contributed by atoms with E-state index < -0.39 is 0 Å². The first-order valence-electron chi connectivity index (χ1n) is 4.45. The summed E-state index contributed by atoms with van der Waals surface area (Å²) in [6.45, 7) is 2.43. The SMILES string of the molecule is C[C@@H](CO)NCc1cc(Cl)ccc1O. The number of hydrogen-bond donors (Lipinski definition) is 3. The van der Waals surface area contributed by atoms with Gasteiger partial charge in [0, 0.05) is 23.2 Å². The summed E-state index contributed by atoms with van der Waals surface area (Å²) in [5.74, 6) is 0.215. The fourth-order valence-corrected chi connectivity index (χ4v) is 1.24. The van der Waals surface area contributed by atoms with Gasteiger partial charge in [0.25, 0.3) is 0 Å². The van der Waals surface area contributed by atoms with Gasteiger partial charge in [0.1, 0.15) is 5.75 Å². The van der Waals surface area contributed by atoms with Gasteiger partial charge in [-0.15, -0.1) is 0 Å². The number of benzene rings is 1. The second-order valence-electron chi connectivity index (χ2n) is 3.24. The van der Waals surface area contributed by atoms with Crippen LogP contribution in [-0.2, 0) is 6.54 Å². The van der Waals surface area contributed by atoms with Gasteiger partial charge in [0.05, 0.1) is 6.61 Å². The van der Waals surface area contributed by atoms with E-state index in [4.69, 9.17) is 16.7 Å². The van der Waals surface area contributed by atoms with Crippen molar-refractivity contribution in [2.45, 2.75) is 19.5 Å². The highest BCUT2D eigenvalue weighted by atomic mass is 35.5. The minimum atomic E-state index is 0.00776. The molecule has 0 heterocycles. The normalized spacial score (nSPS) is 12.8. The summed E-state index contributed by atoms with van der Waals surface area (Å²) >= 11 is 5.78. The first kappa shape index (κ1) is 11.3. The minimum Gasteiger partial charge on any atom is -0.508 e. The average molecular weight is 216 g/mol. The van der Waals surface area contributed by atoms with E-state index in [-0.39, 0.29) is 18.4 Å². The van der Waals surface area contributed by atoms with Gasteiger partial charge in [-0.05, 0) is 25.1 Å². The maximum Gasteiger partial charge on any atom is 0.120 e. The molecule has 0 aliphatic rings. The summed E-state index contributed by atoms with van der Waals surface area (Å²) in [5, 5.41) is 21.9. The Balaban J connectivity index is 2.62. The van der Waals surface area contributed by atoms with Gasteiger partial charge in [-0.1, -0.05) is 11.6 Å². The lowest BCUT2D eigenvalue weighted by Gasteiger charge is -2.11. The van der Waals surface area contributed by atoms with Gasteiger partial charge in [-0.2, -0.15) is 0 Å². The molecule has 0 unspecified atom stereocenters. The van der Waals surface area contributed by atoms with Crippen LogP contribution in [-0.4, -0.2) is 22.9 Å². The molecule has 0 aliphatic heterocycles. The molecule has 0 spiro atoms. The van der Waals surface area contributed by atoms with E-state index in [0.717, 1.165) is 5.56 Å². The van der Waals surface area contributed by atoms with E-state index in [1.807, 2.05) is 6.92 Å². The van der Waals surface area contributed by atoms with Gasteiger partial charge < -0.3 is 15.5 Å².